The zero-order valence-electron chi connectivity index (χ0n) is 47.6. The summed E-state index contributed by atoms with van der Waals surface area (Å²) < 4.78 is 128. The second-order valence-electron chi connectivity index (χ2n) is 22.8. The van der Waals surface area contributed by atoms with Crippen LogP contribution in [0.5, 0.6) is 0 Å². The fourth-order valence-corrected chi connectivity index (χ4v) is 18.9. The summed E-state index contributed by atoms with van der Waals surface area (Å²) >= 11 is 0. The van der Waals surface area contributed by atoms with E-state index in [1.54, 1.807) is 55.5 Å². The number of halogens is 6. The summed E-state index contributed by atoms with van der Waals surface area (Å²) in [7, 11) is -5.93. The van der Waals surface area contributed by atoms with Gasteiger partial charge < -0.3 is 43.3 Å². The second-order valence-corrected chi connectivity index (χ2v) is 32.3. The van der Waals surface area contributed by atoms with Crippen molar-refractivity contribution in [1.29, 1.82) is 0 Å². The monoisotopic (exact) mass is 1180 g/mol. The van der Waals surface area contributed by atoms with E-state index in [4.69, 9.17) is 27.8 Å². The zero-order valence-corrected chi connectivity index (χ0v) is 49.6. The van der Waals surface area contributed by atoms with Gasteiger partial charge in [-0.2, -0.15) is 26.3 Å². The molecular weight excluding hydrogens is 1100 g/mol. The van der Waals surface area contributed by atoms with Gasteiger partial charge in [-0.15, -0.1) is 0 Å². The summed E-state index contributed by atoms with van der Waals surface area (Å²) in [6.07, 6.45) is -21.9. The van der Waals surface area contributed by atoms with Gasteiger partial charge in [0.2, 0.25) is 0 Å². The maximum atomic E-state index is 17.1. The van der Waals surface area contributed by atoms with Crippen LogP contribution in [0.1, 0.15) is 132 Å². The van der Waals surface area contributed by atoms with Crippen LogP contribution < -0.4 is 5.32 Å². The van der Waals surface area contributed by atoms with E-state index in [1.165, 1.54) is 32.9 Å². The maximum absolute atomic E-state index is 17.1. The van der Waals surface area contributed by atoms with Crippen molar-refractivity contribution in [3.05, 3.63) is 118 Å². The summed E-state index contributed by atoms with van der Waals surface area (Å²) in [5.41, 5.74) is -13.3. The Balaban J connectivity index is 1.54. The standard InChI is InChI=1S/C59H75F6NO13Si2/c1-12-80(13-2,14-3)78-42-31-43-56(33-74-43,77-35(8)67)48-50(76-52(71)39-30-38(58(60,61)62)28-29-40(39)59(63,64)65)57(73)32-41(34(7)44(54(57,9)10)47(49(69)55(42,48)11)79-81(15-4,16-5)17-6)75-53(72)46(68)45(36-24-20-18-21-25-36)66-51(70)37-26-22-19-23-27-37/h18-30,41-43,45-48,50,68,73H,12-17,31-33H2,1-11H3,(H,66,70)/t41-,42-,43+,45-,46+,47+,48-,50-,55+,56-,57+/m0/s1. The minimum Gasteiger partial charge on any atom is -0.456 e. The third kappa shape index (κ3) is 11.3. The van der Waals surface area contributed by atoms with E-state index in [2.05, 4.69) is 5.32 Å². The third-order valence-electron chi connectivity index (χ3n) is 18.7. The van der Waals surface area contributed by atoms with Crippen LogP contribution in [-0.2, 0) is 54.5 Å². The molecule has 0 radical (unpaired) electrons. The molecule has 1 heterocycles. The molecule has 3 N–H and O–H groups in total. The number of amides is 1. The van der Waals surface area contributed by atoms with Crippen LogP contribution in [0.15, 0.2) is 90.0 Å². The maximum Gasteiger partial charge on any atom is 0.417 e. The number of aliphatic hydroxyl groups is 2. The number of hydrogen-bond donors (Lipinski definition) is 3. The Hall–Kier alpha value is -5.24. The van der Waals surface area contributed by atoms with Gasteiger partial charge in [-0.1, -0.05) is 104 Å². The molecule has 1 saturated heterocycles. The van der Waals surface area contributed by atoms with E-state index in [0.717, 1.165) is 6.92 Å². The molecule has 81 heavy (non-hydrogen) atoms. The first-order chi connectivity index (χ1) is 37.8. The van der Waals surface area contributed by atoms with Crippen LogP contribution in [0, 0.1) is 16.7 Å². The van der Waals surface area contributed by atoms with Crippen LogP contribution in [-0.4, -0.2) is 111 Å². The number of rotatable bonds is 19. The first kappa shape index (κ1) is 63.3. The summed E-state index contributed by atoms with van der Waals surface area (Å²) in [5, 5.41) is 29.3. The summed E-state index contributed by atoms with van der Waals surface area (Å²) in [6.45, 7) is 18.2. The van der Waals surface area contributed by atoms with Crippen molar-refractivity contribution in [2.75, 3.05) is 6.61 Å². The Morgan fingerprint density at radius 1 is 0.790 bits per heavy atom. The Kier molecular flexibility index (Phi) is 18.3. The number of benzene rings is 3. The second kappa shape index (κ2) is 23.4. The smallest absolute Gasteiger partial charge is 0.417 e. The first-order valence-corrected chi connectivity index (χ1v) is 32.8. The number of alkyl halides is 6. The molecule has 7 rings (SSSR count). The van der Waals surface area contributed by atoms with Crippen molar-refractivity contribution in [3.8, 4) is 0 Å². The van der Waals surface area contributed by atoms with Gasteiger partial charge in [-0.05, 0) is 97.2 Å². The lowest BCUT2D eigenvalue weighted by atomic mass is 9.44. The lowest BCUT2D eigenvalue weighted by Crippen LogP contribution is -2.82. The van der Waals surface area contributed by atoms with Crippen LogP contribution >= 0.6 is 0 Å². The number of fused-ring (bicyclic) bond motifs is 5. The average molecular weight is 1180 g/mol. The van der Waals surface area contributed by atoms with E-state index in [9.17, 15) is 37.8 Å². The van der Waals surface area contributed by atoms with Crippen molar-refractivity contribution in [2.24, 2.45) is 16.7 Å². The molecule has 4 aliphatic rings. The summed E-state index contributed by atoms with van der Waals surface area (Å²) in [4.78, 5) is 74.4. The van der Waals surface area contributed by atoms with Crippen molar-refractivity contribution in [3.63, 3.8) is 0 Å². The topological polar surface area (TPSA) is 193 Å². The molecule has 3 aliphatic carbocycles. The molecule has 0 unspecified atom stereocenters. The Labute approximate surface area is 470 Å². The Morgan fingerprint density at radius 3 is 1.85 bits per heavy atom. The number of aliphatic hydroxyl groups excluding tert-OH is 1. The van der Waals surface area contributed by atoms with E-state index < -0.39 is 159 Å². The van der Waals surface area contributed by atoms with Gasteiger partial charge in [0, 0.05) is 30.7 Å². The predicted molar refractivity (Wildman–Crippen MR) is 290 cm³/mol. The molecule has 0 aromatic heterocycles. The molecule has 0 spiro atoms. The lowest BCUT2D eigenvalue weighted by Gasteiger charge is -2.68. The Morgan fingerprint density at radius 2 is 1.35 bits per heavy atom. The predicted octanol–water partition coefficient (Wildman–Crippen LogP) is 11.3. The molecule has 2 bridgehead atoms. The van der Waals surface area contributed by atoms with Gasteiger partial charge >= 0.3 is 30.3 Å². The van der Waals surface area contributed by atoms with Crippen LogP contribution in [0.3, 0.4) is 0 Å². The molecule has 1 aliphatic heterocycles. The van der Waals surface area contributed by atoms with Crippen LogP contribution in [0.2, 0.25) is 36.3 Å². The van der Waals surface area contributed by atoms with Crippen molar-refractivity contribution in [2.45, 2.75) is 191 Å². The van der Waals surface area contributed by atoms with Crippen LogP contribution in [0.25, 0.3) is 0 Å². The van der Waals surface area contributed by atoms with E-state index in [-0.39, 0.29) is 46.9 Å². The highest BCUT2D eigenvalue weighted by Gasteiger charge is 2.79. The highest BCUT2D eigenvalue weighted by molar-refractivity contribution is 6.74. The first-order valence-electron chi connectivity index (χ1n) is 27.8. The lowest BCUT2D eigenvalue weighted by molar-refractivity contribution is -0.344. The molecule has 3 aromatic carbocycles. The fraction of sp³-hybridized carbons (Fsp3) is 0.576. The van der Waals surface area contributed by atoms with Gasteiger partial charge in [0.15, 0.2) is 34.1 Å². The minimum absolute atomic E-state index is 0.00240. The molecular formula is C59H75F6NO13Si2. The number of esters is 3. The SMILES string of the molecule is CC[Si](CC)(CC)O[C@H]1C(=O)[C@]2(C)[C@@H](O[Si](CC)(CC)CC)C[C@H]3OC[C@@]3(OC(C)=O)[C@H]2[C@H](OC(=O)c2cc(C(F)(F)F)ccc2C(F)(F)F)[C@]2(O)C[C@H](OC(=O)[C@H](O)[C@@H](NC(=O)c3ccccc3)c3ccccc3)C(C)=C1C2(C)C. The van der Waals surface area contributed by atoms with Gasteiger partial charge in [0.25, 0.3) is 5.91 Å². The van der Waals surface area contributed by atoms with E-state index in [1.807, 2.05) is 41.5 Å². The summed E-state index contributed by atoms with van der Waals surface area (Å²) in [5.74, 6) is -7.51. The quantitative estimate of drug-likeness (QED) is 0.0338. The number of nitrogens with one attached hydrogen (secondary N) is 1. The molecule has 444 valence electrons. The highest BCUT2D eigenvalue weighted by Crippen LogP contribution is 2.66. The highest BCUT2D eigenvalue weighted by atomic mass is 28.4. The van der Waals surface area contributed by atoms with E-state index >= 15 is 22.8 Å². The number of Topliss-reactive ketones (excluding diaryl/α,β-unsaturated/α-hetero) is 1. The Bertz CT molecular complexity index is 2850. The number of carbonyl (C=O) groups excluding carboxylic acids is 5. The summed E-state index contributed by atoms with van der Waals surface area (Å²) in [6, 6.07) is 17.8. The van der Waals surface area contributed by atoms with Gasteiger partial charge in [-0.3, -0.25) is 14.4 Å². The van der Waals surface area contributed by atoms with Crippen molar-refractivity contribution in [1.82, 2.24) is 5.32 Å². The van der Waals surface area contributed by atoms with Crippen molar-refractivity contribution < 1.29 is 88.3 Å². The largest absolute Gasteiger partial charge is 0.456 e. The van der Waals surface area contributed by atoms with Crippen LogP contribution in [0.4, 0.5) is 26.3 Å². The molecule has 2 saturated carbocycles. The van der Waals surface area contributed by atoms with Gasteiger partial charge in [-0.25, -0.2) is 9.59 Å². The van der Waals surface area contributed by atoms with Crippen molar-refractivity contribution >= 4 is 46.2 Å². The molecule has 3 fully saturated rings. The number of carbonyl (C=O) groups is 5. The molecule has 1 amide bonds. The number of ketones is 1. The molecule has 14 nitrogen and oxygen atoms in total. The zero-order chi connectivity index (χ0) is 60.1. The third-order valence-corrected chi connectivity index (χ3v) is 27.9. The van der Waals surface area contributed by atoms with Gasteiger partial charge in [0.05, 0.1) is 46.8 Å². The normalized spacial score (nSPS) is 28.2. The van der Waals surface area contributed by atoms with Gasteiger partial charge in [0.1, 0.15) is 30.0 Å². The molecule has 3 aromatic rings. The molecule has 11 atom stereocenters. The number of hydrogen-bond acceptors (Lipinski definition) is 13. The minimum atomic E-state index is -5.45. The number of ether oxygens (including phenoxy) is 4. The fourth-order valence-electron chi connectivity index (χ4n) is 13.3. The average Bonchev–Trinajstić information content (AvgIpc) is 2.04. The molecule has 22 heteroatoms. The van der Waals surface area contributed by atoms with E-state index in [0.29, 0.717) is 36.3 Å².